The average Bonchev–Trinajstić information content (AvgIpc) is 2.38. The Morgan fingerprint density at radius 3 is 2.89 bits per heavy atom. The molecule has 1 aliphatic rings. The molecule has 0 saturated carbocycles. The summed E-state index contributed by atoms with van der Waals surface area (Å²) in [7, 11) is 1.73. The van der Waals surface area contributed by atoms with Gasteiger partial charge >= 0.3 is 0 Å². The molecule has 0 bridgehead atoms. The Bertz CT molecular complexity index is 450. The molecule has 6 nitrogen and oxygen atoms in total. The van der Waals surface area contributed by atoms with Crippen LogP contribution < -0.4 is 10.2 Å². The molecule has 1 unspecified atom stereocenters. The first-order valence-electron chi connectivity index (χ1n) is 6.00. The molecule has 1 atom stereocenters. The van der Waals surface area contributed by atoms with E-state index in [1.54, 1.807) is 13.1 Å². The van der Waals surface area contributed by atoms with Crippen molar-refractivity contribution in [3.05, 3.63) is 28.3 Å². The fourth-order valence-electron chi connectivity index (χ4n) is 2.22. The van der Waals surface area contributed by atoms with Gasteiger partial charge in [-0.05, 0) is 18.9 Å². The molecule has 18 heavy (non-hydrogen) atoms. The summed E-state index contributed by atoms with van der Waals surface area (Å²) in [5.41, 5.74) is 1.56. The van der Waals surface area contributed by atoms with Crippen LogP contribution in [-0.2, 0) is 0 Å². The van der Waals surface area contributed by atoms with E-state index in [9.17, 15) is 15.2 Å². The summed E-state index contributed by atoms with van der Waals surface area (Å²) < 4.78 is 0. The lowest BCUT2D eigenvalue weighted by molar-refractivity contribution is -0.384. The number of anilines is 2. The van der Waals surface area contributed by atoms with E-state index in [2.05, 4.69) is 5.32 Å². The number of nitro benzene ring substituents is 1. The van der Waals surface area contributed by atoms with Crippen molar-refractivity contribution in [1.82, 2.24) is 0 Å². The number of β-amino-alcohol motifs (C(OH)–C–C–N with tert-alkyl or cyclic N) is 1. The van der Waals surface area contributed by atoms with Crippen molar-refractivity contribution in [1.29, 1.82) is 0 Å². The van der Waals surface area contributed by atoms with Gasteiger partial charge in [0.15, 0.2) is 0 Å². The predicted octanol–water partition coefficient (Wildman–Crippen LogP) is 1.60. The van der Waals surface area contributed by atoms with Crippen molar-refractivity contribution < 1.29 is 10.0 Å². The van der Waals surface area contributed by atoms with E-state index >= 15 is 0 Å². The van der Waals surface area contributed by atoms with Crippen molar-refractivity contribution in [3.8, 4) is 0 Å². The van der Waals surface area contributed by atoms with Crippen molar-refractivity contribution in [2.45, 2.75) is 18.9 Å². The number of nitro groups is 1. The van der Waals surface area contributed by atoms with Gasteiger partial charge < -0.3 is 15.3 Å². The minimum absolute atomic E-state index is 0.0666. The third-order valence-electron chi connectivity index (χ3n) is 3.16. The van der Waals surface area contributed by atoms with Crippen molar-refractivity contribution in [2.75, 3.05) is 30.4 Å². The van der Waals surface area contributed by atoms with Crippen LogP contribution in [0.5, 0.6) is 0 Å². The second-order valence-corrected chi connectivity index (χ2v) is 4.49. The van der Waals surface area contributed by atoms with E-state index in [0.717, 1.165) is 25.1 Å². The number of non-ortho nitro benzene ring substituents is 1. The maximum absolute atomic E-state index is 10.9. The highest BCUT2D eigenvalue weighted by Crippen LogP contribution is 2.28. The number of hydrogen-bond acceptors (Lipinski definition) is 5. The Labute approximate surface area is 105 Å². The minimum Gasteiger partial charge on any atom is -0.391 e. The molecule has 2 N–H and O–H groups in total. The van der Waals surface area contributed by atoms with Crippen LogP contribution in [0.4, 0.5) is 17.1 Å². The molecule has 0 radical (unpaired) electrons. The maximum Gasteiger partial charge on any atom is 0.273 e. The van der Waals surface area contributed by atoms with Crippen LogP contribution in [0, 0.1) is 10.1 Å². The molecule has 0 amide bonds. The summed E-state index contributed by atoms with van der Waals surface area (Å²) in [6, 6.07) is 4.92. The number of rotatable bonds is 3. The molecule has 6 heteroatoms. The molecular weight excluding hydrogens is 234 g/mol. The van der Waals surface area contributed by atoms with Gasteiger partial charge in [0, 0.05) is 43.6 Å². The Morgan fingerprint density at radius 1 is 1.50 bits per heavy atom. The van der Waals surface area contributed by atoms with Gasteiger partial charge in [-0.15, -0.1) is 0 Å². The van der Waals surface area contributed by atoms with E-state index in [4.69, 9.17) is 0 Å². The Morgan fingerprint density at radius 2 is 2.28 bits per heavy atom. The average molecular weight is 251 g/mol. The number of benzene rings is 1. The van der Waals surface area contributed by atoms with Crippen molar-refractivity contribution in [2.24, 2.45) is 0 Å². The van der Waals surface area contributed by atoms with E-state index in [-0.39, 0.29) is 11.8 Å². The molecule has 1 aliphatic heterocycles. The SMILES string of the molecule is CNc1cc(N2CCCC(O)C2)cc([N+](=O)[O-])c1. The van der Waals surface area contributed by atoms with Crippen LogP contribution >= 0.6 is 0 Å². The summed E-state index contributed by atoms with van der Waals surface area (Å²) in [4.78, 5) is 12.5. The van der Waals surface area contributed by atoms with Crippen molar-refractivity contribution >= 4 is 17.1 Å². The summed E-state index contributed by atoms with van der Waals surface area (Å²) >= 11 is 0. The molecular formula is C12H17N3O3. The summed E-state index contributed by atoms with van der Waals surface area (Å²) in [5.74, 6) is 0. The third-order valence-corrected chi connectivity index (χ3v) is 3.16. The maximum atomic E-state index is 10.9. The molecule has 0 spiro atoms. The van der Waals surface area contributed by atoms with Gasteiger partial charge in [0.25, 0.3) is 5.69 Å². The quantitative estimate of drug-likeness (QED) is 0.630. The number of aliphatic hydroxyl groups is 1. The van der Waals surface area contributed by atoms with E-state index in [1.807, 2.05) is 11.0 Å². The lowest BCUT2D eigenvalue weighted by Crippen LogP contribution is -2.38. The molecule has 98 valence electrons. The first kappa shape index (κ1) is 12.6. The smallest absolute Gasteiger partial charge is 0.273 e. The van der Waals surface area contributed by atoms with E-state index in [1.165, 1.54) is 6.07 Å². The molecule has 1 heterocycles. The standard InChI is InChI=1S/C12H17N3O3/c1-13-9-5-10(7-11(6-9)15(17)18)14-4-2-3-12(16)8-14/h5-7,12-13,16H,2-4,8H2,1H3. The number of hydrogen-bond donors (Lipinski definition) is 2. The van der Waals surface area contributed by atoms with Crippen molar-refractivity contribution in [3.63, 3.8) is 0 Å². The molecule has 0 aliphatic carbocycles. The number of aliphatic hydroxyl groups excluding tert-OH is 1. The van der Waals surface area contributed by atoms with Gasteiger partial charge in [-0.25, -0.2) is 0 Å². The van der Waals surface area contributed by atoms with Gasteiger partial charge in [-0.3, -0.25) is 10.1 Å². The molecule has 1 fully saturated rings. The van der Waals surface area contributed by atoms with Crippen LogP contribution in [0.15, 0.2) is 18.2 Å². The number of piperidine rings is 1. The number of nitrogens with one attached hydrogen (secondary N) is 1. The highest BCUT2D eigenvalue weighted by atomic mass is 16.6. The van der Waals surface area contributed by atoms with Gasteiger partial charge in [0.05, 0.1) is 11.0 Å². The normalized spacial score (nSPS) is 19.7. The zero-order valence-corrected chi connectivity index (χ0v) is 10.3. The largest absolute Gasteiger partial charge is 0.391 e. The van der Waals surface area contributed by atoms with Gasteiger partial charge in [0.2, 0.25) is 0 Å². The first-order valence-corrected chi connectivity index (χ1v) is 6.00. The Kier molecular flexibility index (Phi) is 3.66. The highest BCUT2D eigenvalue weighted by molar-refractivity contribution is 5.64. The summed E-state index contributed by atoms with van der Waals surface area (Å²) in [6.07, 6.45) is 1.35. The summed E-state index contributed by atoms with van der Waals surface area (Å²) in [6.45, 7) is 1.35. The van der Waals surface area contributed by atoms with Crippen LogP contribution in [0.3, 0.4) is 0 Å². The topological polar surface area (TPSA) is 78.6 Å². The van der Waals surface area contributed by atoms with Crippen LogP contribution in [0.25, 0.3) is 0 Å². The third kappa shape index (κ3) is 2.70. The van der Waals surface area contributed by atoms with Crippen LogP contribution in [0.1, 0.15) is 12.8 Å². The summed E-state index contributed by atoms with van der Waals surface area (Å²) in [5, 5.41) is 23.5. The monoisotopic (exact) mass is 251 g/mol. The predicted molar refractivity (Wildman–Crippen MR) is 70.1 cm³/mol. The molecule has 1 aromatic carbocycles. The van der Waals surface area contributed by atoms with Crippen LogP contribution in [-0.4, -0.2) is 36.3 Å². The van der Waals surface area contributed by atoms with Crippen LogP contribution in [0.2, 0.25) is 0 Å². The lowest BCUT2D eigenvalue weighted by Gasteiger charge is -2.32. The zero-order chi connectivity index (χ0) is 13.1. The lowest BCUT2D eigenvalue weighted by atomic mass is 10.1. The zero-order valence-electron chi connectivity index (χ0n) is 10.3. The van der Waals surface area contributed by atoms with Gasteiger partial charge in [0.1, 0.15) is 0 Å². The fourth-order valence-corrected chi connectivity index (χ4v) is 2.22. The molecule has 1 saturated heterocycles. The first-order chi connectivity index (χ1) is 8.60. The fraction of sp³-hybridized carbons (Fsp3) is 0.500. The second-order valence-electron chi connectivity index (χ2n) is 4.49. The number of nitrogens with zero attached hydrogens (tertiary/aromatic N) is 2. The van der Waals surface area contributed by atoms with Gasteiger partial charge in [-0.2, -0.15) is 0 Å². The highest BCUT2D eigenvalue weighted by Gasteiger charge is 2.20. The molecule has 0 aromatic heterocycles. The molecule has 2 rings (SSSR count). The Hall–Kier alpha value is -1.82. The second kappa shape index (κ2) is 5.22. The van der Waals surface area contributed by atoms with E-state index in [0.29, 0.717) is 12.2 Å². The van der Waals surface area contributed by atoms with E-state index < -0.39 is 4.92 Å². The molecule has 1 aromatic rings. The Balaban J connectivity index is 2.31. The minimum atomic E-state index is -0.398. The van der Waals surface area contributed by atoms with Gasteiger partial charge in [-0.1, -0.05) is 0 Å².